The van der Waals surface area contributed by atoms with Crippen LogP contribution in [0, 0.1) is 0 Å². The minimum Gasteiger partial charge on any atom is -0.481 e. The summed E-state index contributed by atoms with van der Waals surface area (Å²) in [5.41, 5.74) is 0.774. The van der Waals surface area contributed by atoms with Gasteiger partial charge < -0.3 is 10.0 Å². The smallest absolute Gasteiger partial charge is 0.308 e. The zero-order valence-electron chi connectivity index (χ0n) is 9.88. The summed E-state index contributed by atoms with van der Waals surface area (Å²) >= 11 is 0. The van der Waals surface area contributed by atoms with Gasteiger partial charge in [0.25, 0.3) is 0 Å². The minimum absolute atomic E-state index is 0.248. The Labute approximate surface area is 100 Å². The highest BCUT2D eigenvalue weighted by molar-refractivity contribution is 6.10. The van der Waals surface area contributed by atoms with Crippen molar-refractivity contribution in [3.63, 3.8) is 0 Å². The first kappa shape index (κ1) is 13.0. The minimum atomic E-state index is -1.01. The summed E-state index contributed by atoms with van der Waals surface area (Å²) in [6.07, 6.45) is 1.27. The van der Waals surface area contributed by atoms with Crippen molar-refractivity contribution < 1.29 is 14.7 Å². The van der Waals surface area contributed by atoms with Gasteiger partial charge in [0.2, 0.25) is 0 Å². The predicted molar refractivity (Wildman–Crippen MR) is 64.8 cm³/mol. The van der Waals surface area contributed by atoms with Crippen LogP contribution in [0.1, 0.15) is 16.8 Å². The molecular weight excluding hydrogens is 218 g/mol. The first-order chi connectivity index (χ1) is 8.00. The van der Waals surface area contributed by atoms with Gasteiger partial charge in [0.05, 0.1) is 6.42 Å². The summed E-state index contributed by atoms with van der Waals surface area (Å²) in [6, 6.07) is 8.66. The lowest BCUT2D eigenvalue weighted by Gasteiger charge is -2.09. The fourth-order valence-electron chi connectivity index (χ4n) is 1.43. The van der Waals surface area contributed by atoms with Crippen molar-refractivity contribution in [3.8, 4) is 0 Å². The number of carboxylic acid groups (broad SMARTS) is 1. The molecule has 0 fully saturated rings. The SMILES string of the molecule is CN(C)C=C(CC(=O)O)C(=O)c1ccccc1. The number of carbonyl (C=O) groups excluding carboxylic acids is 1. The van der Waals surface area contributed by atoms with E-state index in [0.29, 0.717) is 5.56 Å². The molecular formula is C13H15NO3. The van der Waals surface area contributed by atoms with Gasteiger partial charge in [-0.05, 0) is 0 Å². The molecule has 90 valence electrons. The van der Waals surface area contributed by atoms with E-state index in [4.69, 9.17) is 5.11 Å². The fourth-order valence-corrected chi connectivity index (χ4v) is 1.43. The van der Waals surface area contributed by atoms with Gasteiger partial charge >= 0.3 is 5.97 Å². The molecule has 0 heterocycles. The second kappa shape index (κ2) is 5.84. The summed E-state index contributed by atoms with van der Waals surface area (Å²) in [5.74, 6) is -1.26. The Hall–Kier alpha value is -2.10. The van der Waals surface area contributed by atoms with Crippen molar-refractivity contribution in [2.75, 3.05) is 14.1 Å². The largest absolute Gasteiger partial charge is 0.481 e. The molecule has 17 heavy (non-hydrogen) atoms. The first-order valence-electron chi connectivity index (χ1n) is 5.19. The molecule has 0 atom stereocenters. The average Bonchev–Trinajstić information content (AvgIpc) is 2.27. The van der Waals surface area contributed by atoms with Gasteiger partial charge in [-0.15, -0.1) is 0 Å². The topological polar surface area (TPSA) is 57.6 Å². The Kier molecular flexibility index (Phi) is 4.46. The molecule has 0 aliphatic heterocycles. The van der Waals surface area contributed by atoms with Gasteiger partial charge in [-0.3, -0.25) is 9.59 Å². The van der Waals surface area contributed by atoms with Crippen molar-refractivity contribution in [1.29, 1.82) is 0 Å². The number of Topliss-reactive ketones (excluding diaryl/α,β-unsaturated/α-hetero) is 1. The number of benzene rings is 1. The Morgan fingerprint density at radius 1 is 1.24 bits per heavy atom. The zero-order chi connectivity index (χ0) is 12.8. The highest BCUT2D eigenvalue weighted by Gasteiger charge is 2.15. The molecule has 0 aromatic heterocycles. The molecule has 0 amide bonds. The van der Waals surface area contributed by atoms with E-state index in [1.165, 1.54) is 0 Å². The molecule has 4 heteroatoms. The third-order valence-electron chi connectivity index (χ3n) is 2.08. The van der Waals surface area contributed by atoms with Crippen LogP contribution in [0.5, 0.6) is 0 Å². The van der Waals surface area contributed by atoms with Crippen LogP contribution in [0.15, 0.2) is 42.1 Å². The van der Waals surface area contributed by atoms with E-state index in [-0.39, 0.29) is 17.8 Å². The lowest BCUT2D eigenvalue weighted by molar-refractivity contribution is -0.136. The maximum absolute atomic E-state index is 12.1. The zero-order valence-corrected chi connectivity index (χ0v) is 9.88. The van der Waals surface area contributed by atoms with Crippen molar-refractivity contribution in [2.24, 2.45) is 0 Å². The second-order valence-electron chi connectivity index (χ2n) is 3.88. The lowest BCUT2D eigenvalue weighted by Crippen LogP contribution is -2.13. The van der Waals surface area contributed by atoms with E-state index >= 15 is 0 Å². The molecule has 1 aromatic rings. The number of carboxylic acids is 1. The summed E-state index contributed by atoms with van der Waals surface area (Å²) in [4.78, 5) is 24.4. The molecule has 1 rings (SSSR count). The molecule has 0 aliphatic rings. The van der Waals surface area contributed by atoms with E-state index in [0.717, 1.165) is 0 Å². The molecule has 4 nitrogen and oxygen atoms in total. The van der Waals surface area contributed by atoms with Gasteiger partial charge in [-0.1, -0.05) is 30.3 Å². The Bertz CT molecular complexity index is 435. The molecule has 0 radical (unpaired) electrons. The molecule has 1 N–H and O–H groups in total. The van der Waals surface area contributed by atoms with Gasteiger partial charge in [-0.2, -0.15) is 0 Å². The maximum atomic E-state index is 12.1. The summed E-state index contributed by atoms with van der Waals surface area (Å²) in [6.45, 7) is 0. The monoisotopic (exact) mass is 233 g/mol. The van der Waals surface area contributed by atoms with Crippen molar-refractivity contribution in [2.45, 2.75) is 6.42 Å². The quantitative estimate of drug-likeness (QED) is 0.622. The van der Waals surface area contributed by atoms with Gasteiger partial charge in [-0.25, -0.2) is 0 Å². The van der Waals surface area contributed by atoms with E-state index < -0.39 is 5.97 Å². The Balaban J connectivity index is 2.99. The van der Waals surface area contributed by atoms with E-state index in [1.54, 1.807) is 49.5 Å². The van der Waals surface area contributed by atoms with Crippen LogP contribution in [0.4, 0.5) is 0 Å². The standard InChI is InChI=1S/C13H15NO3/c1-14(2)9-11(8-12(15)16)13(17)10-6-4-3-5-7-10/h3-7,9H,8H2,1-2H3,(H,15,16). The average molecular weight is 233 g/mol. The van der Waals surface area contributed by atoms with Crippen molar-refractivity contribution >= 4 is 11.8 Å². The number of nitrogens with zero attached hydrogens (tertiary/aromatic N) is 1. The van der Waals surface area contributed by atoms with Crippen LogP contribution in [-0.4, -0.2) is 35.9 Å². The van der Waals surface area contributed by atoms with Crippen LogP contribution in [0.2, 0.25) is 0 Å². The molecule has 0 spiro atoms. The van der Waals surface area contributed by atoms with E-state index in [1.807, 2.05) is 6.07 Å². The predicted octanol–water partition coefficient (Wildman–Crippen LogP) is 1.79. The number of carbonyl (C=O) groups is 2. The summed E-state index contributed by atoms with van der Waals surface area (Å²) < 4.78 is 0. The summed E-state index contributed by atoms with van der Waals surface area (Å²) in [5, 5.41) is 8.78. The van der Waals surface area contributed by atoms with Gasteiger partial charge in [0.15, 0.2) is 5.78 Å². The molecule has 0 bridgehead atoms. The fraction of sp³-hybridized carbons (Fsp3) is 0.231. The number of ketones is 1. The molecule has 0 saturated heterocycles. The number of aliphatic carboxylic acids is 1. The van der Waals surface area contributed by atoms with Crippen molar-refractivity contribution in [3.05, 3.63) is 47.7 Å². The highest BCUT2D eigenvalue weighted by atomic mass is 16.4. The Morgan fingerprint density at radius 3 is 2.29 bits per heavy atom. The molecule has 1 aromatic carbocycles. The lowest BCUT2D eigenvalue weighted by atomic mass is 10.0. The molecule has 0 aliphatic carbocycles. The van der Waals surface area contributed by atoms with Crippen LogP contribution in [-0.2, 0) is 4.79 Å². The van der Waals surface area contributed by atoms with Crippen LogP contribution in [0.3, 0.4) is 0 Å². The van der Waals surface area contributed by atoms with Crippen LogP contribution < -0.4 is 0 Å². The third-order valence-corrected chi connectivity index (χ3v) is 2.08. The molecule has 0 saturated carbocycles. The number of hydrogen-bond acceptors (Lipinski definition) is 3. The Morgan fingerprint density at radius 2 is 1.82 bits per heavy atom. The second-order valence-corrected chi connectivity index (χ2v) is 3.88. The number of rotatable bonds is 5. The first-order valence-corrected chi connectivity index (χ1v) is 5.19. The van der Waals surface area contributed by atoms with Crippen molar-refractivity contribution in [1.82, 2.24) is 4.90 Å². The van der Waals surface area contributed by atoms with Gasteiger partial charge in [0, 0.05) is 31.4 Å². The number of hydrogen-bond donors (Lipinski definition) is 1. The summed E-state index contributed by atoms with van der Waals surface area (Å²) in [7, 11) is 3.50. The van der Waals surface area contributed by atoms with E-state index in [2.05, 4.69) is 0 Å². The van der Waals surface area contributed by atoms with E-state index in [9.17, 15) is 9.59 Å². The maximum Gasteiger partial charge on any atom is 0.308 e. The third kappa shape index (κ3) is 4.10. The van der Waals surface area contributed by atoms with Gasteiger partial charge in [0.1, 0.15) is 0 Å². The normalized spacial score (nSPS) is 11.1. The highest BCUT2D eigenvalue weighted by Crippen LogP contribution is 2.12. The molecule has 0 unspecified atom stereocenters. The van der Waals surface area contributed by atoms with Crippen LogP contribution in [0.25, 0.3) is 0 Å². The van der Waals surface area contributed by atoms with Crippen LogP contribution >= 0.6 is 0 Å².